The second-order valence-electron chi connectivity index (χ2n) is 4.49. The van der Waals surface area contributed by atoms with E-state index in [0.717, 1.165) is 10.9 Å². The lowest BCUT2D eigenvalue weighted by atomic mass is 10.1. The molecule has 0 aliphatic heterocycles. The smallest absolute Gasteiger partial charge is 0.257 e. The number of hydrogen-bond donors (Lipinski definition) is 2. The number of thiol groups is 1. The van der Waals surface area contributed by atoms with Gasteiger partial charge in [0, 0.05) is 16.5 Å². The molecule has 3 nitrogen and oxygen atoms in total. The van der Waals surface area contributed by atoms with Crippen molar-refractivity contribution in [3.63, 3.8) is 0 Å². The fourth-order valence-electron chi connectivity index (χ4n) is 2.09. The Labute approximate surface area is 132 Å². The molecule has 1 amide bonds. The van der Waals surface area contributed by atoms with Crippen LogP contribution in [0.2, 0.25) is 5.02 Å². The number of pyridine rings is 1. The molecular weight excluding hydrogens is 304 g/mol. The van der Waals surface area contributed by atoms with Crippen LogP contribution in [0, 0.1) is 0 Å². The van der Waals surface area contributed by atoms with Crippen molar-refractivity contribution in [2.45, 2.75) is 4.90 Å². The first kappa shape index (κ1) is 13.9. The van der Waals surface area contributed by atoms with Crippen molar-refractivity contribution in [1.29, 1.82) is 0 Å². The van der Waals surface area contributed by atoms with Crippen molar-refractivity contribution in [3.05, 3.63) is 65.3 Å². The molecule has 0 radical (unpaired) electrons. The Morgan fingerprint density at radius 3 is 2.86 bits per heavy atom. The van der Waals surface area contributed by atoms with Gasteiger partial charge in [-0.15, -0.1) is 12.6 Å². The highest BCUT2D eigenvalue weighted by Gasteiger charge is 2.12. The lowest BCUT2D eigenvalue weighted by molar-refractivity contribution is 0.102. The minimum atomic E-state index is -0.271. The summed E-state index contributed by atoms with van der Waals surface area (Å²) < 4.78 is 0. The molecular formula is C16H11ClN2OS. The Bertz CT molecular complexity index is 830. The molecule has 21 heavy (non-hydrogen) atoms. The molecule has 0 fully saturated rings. The van der Waals surface area contributed by atoms with Crippen molar-refractivity contribution in [1.82, 2.24) is 4.98 Å². The molecule has 0 saturated heterocycles. The third-order valence-corrected chi connectivity index (χ3v) is 3.70. The number of rotatable bonds is 2. The lowest BCUT2D eigenvalue weighted by Crippen LogP contribution is -2.12. The Balaban J connectivity index is 1.99. The third-order valence-electron chi connectivity index (χ3n) is 3.09. The summed E-state index contributed by atoms with van der Waals surface area (Å²) in [4.78, 5) is 17.3. The zero-order valence-corrected chi connectivity index (χ0v) is 12.5. The summed E-state index contributed by atoms with van der Waals surface area (Å²) in [5.41, 5.74) is 1.92. The van der Waals surface area contributed by atoms with E-state index in [9.17, 15) is 4.79 Å². The van der Waals surface area contributed by atoms with E-state index in [4.69, 9.17) is 11.6 Å². The van der Waals surface area contributed by atoms with Crippen LogP contribution in [0.25, 0.3) is 10.9 Å². The number of benzene rings is 2. The predicted molar refractivity (Wildman–Crippen MR) is 88.4 cm³/mol. The highest BCUT2D eigenvalue weighted by Crippen LogP contribution is 2.24. The van der Waals surface area contributed by atoms with E-state index in [1.54, 1.807) is 24.4 Å². The summed E-state index contributed by atoms with van der Waals surface area (Å²) in [6.07, 6.45) is 1.72. The number of hydrogen-bond acceptors (Lipinski definition) is 3. The normalized spacial score (nSPS) is 10.6. The van der Waals surface area contributed by atoms with Gasteiger partial charge in [-0.25, -0.2) is 0 Å². The van der Waals surface area contributed by atoms with Crippen molar-refractivity contribution < 1.29 is 4.79 Å². The van der Waals surface area contributed by atoms with Crippen LogP contribution in [0.4, 0.5) is 5.69 Å². The number of nitrogens with zero attached hydrogens (tertiary/aromatic N) is 1. The molecule has 0 aliphatic rings. The highest BCUT2D eigenvalue weighted by molar-refractivity contribution is 7.80. The Hall–Kier alpha value is -2.04. The monoisotopic (exact) mass is 314 g/mol. The number of amides is 1. The topological polar surface area (TPSA) is 42.0 Å². The molecule has 0 saturated carbocycles. The van der Waals surface area contributed by atoms with Gasteiger partial charge in [0.25, 0.3) is 5.91 Å². The van der Waals surface area contributed by atoms with E-state index < -0.39 is 0 Å². The molecule has 5 heteroatoms. The standard InChI is InChI=1S/C16H11ClN2OS/c17-13-7-6-10(21)9-12(13)16(20)19-15-5-1-4-14-11(15)3-2-8-18-14/h1-9,21H,(H,19,20). The van der Waals surface area contributed by atoms with E-state index >= 15 is 0 Å². The first-order chi connectivity index (χ1) is 10.1. The molecule has 1 heterocycles. The van der Waals surface area contributed by atoms with Gasteiger partial charge < -0.3 is 5.32 Å². The van der Waals surface area contributed by atoms with E-state index in [1.165, 1.54) is 0 Å². The van der Waals surface area contributed by atoms with Crippen LogP contribution in [-0.4, -0.2) is 10.9 Å². The van der Waals surface area contributed by atoms with Crippen LogP contribution < -0.4 is 5.32 Å². The molecule has 2 aromatic carbocycles. The average Bonchev–Trinajstić information content (AvgIpc) is 2.50. The number of carbonyl (C=O) groups is 1. The number of anilines is 1. The quantitative estimate of drug-likeness (QED) is 0.687. The van der Waals surface area contributed by atoms with Crippen molar-refractivity contribution in [2.75, 3.05) is 5.32 Å². The summed E-state index contributed by atoms with van der Waals surface area (Å²) >= 11 is 10.3. The number of halogens is 1. The van der Waals surface area contributed by atoms with Crippen LogP contribution in [0.3, 0.4) is 0 Å². The zero-order valence-electron chi connectivity index (χ0n) is 10.9. The van der Waals surface area contributed by atoms with Gasteiger partial charge >= 0.3 is 0 Å². The maximum Gasteiger partial charge on any atom is 0.257 e. The highest BCUT2D eigenvalue weighted by atomic mass is 35.5. The molecule has 104 valence electrons. The third kappa shape index (κ3) is 2.86. The molecule has 0 unspecified atom stereocenters. The van der Waals surface area contributed by atoms with E-state index in [-0.39, 0.29) is 5.91 Å². The zero-order chi connectivity index (χ0) is 14.8. The van der Waals surface area contributed by atoms with Crippen LogP contribution in [-0.2, 0) is 0 Å². The summed E-state index contributed by atoms with van der Waals surface area (Å²) in [6.45, 7) is 0. The van der Waals surface area contributed by atoms with Crippen LogP contribution in [0.15, 0.2) is 59.6 Å². The molecule has 0 atom stereocenters. The molecule has 0 spiro atoms. The number of aromatic nitrogens is 1. The first-order valence-electron chi connectivity index (χ1n) is 6.29. The fourth-order valence-corrected chi connectivity index (χ4v) is 2.50. The minimum absolute atomic E-state index is 0.271. The Morgan fingerprint density at radius 2 is 2.00 bits per heavy atom. The van der Waals surface area contributed by atoms with E-state index in [2.05, 4.69) is 22.9 Å². The average molecular weight is 315 g/mol. The fraction of sp³-hybridized carbons (Fsp3) is 0. The van der Waals surface area contributed by atoms with Crippen LogP contribution in [0.5, 0.6) is 0 Å². The van der Waals surface area contributed by atoms with Crippen LogP contribution >= 0.6 is 24.2 Å². The first-order valence-corrected chi connectivity index (χ1v) is 7.11. The molecule has 3 rings (SSSR count). The largest absolute Gasteiger partial charge is 0.321 e. The summed E-state index contributed by atoms with van der Waals surface area (Å²) in [5, 5.41) is 4.15. The van der Waals surface area contributed by atoms with Gasteiger partial charge in [0.1, 0.15) is 0 Å². The Kier molecular flexibility index (Phi) is 3.82. The second kappa shape index (κ2) is 5.76. The SMILES string of the molecule is O=C(Nc1cccc2ncccc12)c1cc(S)ccc1Cl. The number of fused-ring (bicyclic) bond motifs is 1. The maximum absolute atomic E-state index is 12.4. The van der Waals surface area contributed by atoms with Crippen molar-refractivity contribution in [3.8, 4) is 0 Å². The van der Waals surface area contributed by atoms with Gasteiger partial charge in [-0.1, -0.05) is 17.7 Å². The van der Waals surface area contributed by atoms with Gasteiger partial charge in [-0.3, -0.25) is 9.78 Å². The second-order valence-corrected chi connectivity index (χ2v) is 5.42. The van der Waals surface area contributed by atoms with Gasteiger partial charge in [0.05, 0.1) is 21.8 Å². The minimum Gasteiger partial charge on any atom is -0.321 e. The van der Waals surface area contributed by atoms with Gasteiger partial charge in [-0.05, 0) is 42.5 Å². The number of nitrogens with one attached hydrogen (secondary N) is 1. The predicted octanol–water partition coefficient (Wildman–Crippen LogP) is 4.43. The maximum atomic E-state index is 12.4. The van der Waals surface area contributed by atoms with Gasteiger partial charge in [0.15, 0.2) is 0 Å². The molecule has 1 N–H and O–H groups in total. The molecule has 3 aromatic rings. The Morgan fingerprint density at radius 1 is 1.14 bits per heavy atom. The van der Waals surface area contributed by atoms with Gasteiger partial charge in [-0.2, -0.15) is 0 Å². The van der Waals surface area contributed by atoms with E-state index in [0.29, 0.717) is 21.2 Å². The summed E-state index contributed by atoms with van der Waals surface area (Å²) in [5.74, 6) is -0.271. The van der Waals surface area contributed by atoms with Gasteiger partial charge in [0.2, 0.25) is 0 Å². The summed E-state index contributed by atoms with van der Waals surface area (Å²) in [6, 6.07) is 14.4. The molecule has 0 aliphatic carbocycles. The lowest BCUT2D eigenvalue weighted by Gasteiger charge is -2.09. The summed E-state index contributed by atoms with van der Waals surface area (Å²) in [7, 11) is 0. The van der Waals surface area contributed by atoms with E-state index in [1.807, 2.05) is 30.3 Å². The van der Waals surface area contributed by atoms with Crippen molar-refractivity contribution in [2.24, 2.45) is 0 Å². The van der Waals surface area contributed by atoms with Crippen LogP contribution in [0.1, 0.15) is 10.4 Å². The van der Waals surface area contributed by atoms with Crippen molar-refractivity contribution >= 4 is 46.7 Å². The molecule has 0 bridgehead atoms. The molecule has 1 aromatic heterocycles. The number of carbonyl (C=O) groups excluding carboxylic acids is 1.